The minimum absolute atomic E-state index is 0.155. The Labute approximate surface area is 98.7 Å². The molecule has 0 fully saturated rings. The standard InChI is InChI=1S/C12H14FN3O/c1-2-16-11(14-15-12(16)8-17)7-9-5-3-4-6-10(9)13/h3-6,17H,2,7-8H2,1H3. The zero-order valence-corrected chi connectivity index (χ0v) is 9.60. The number of nitrogens with zero attached hydrogens (tertiary/aromatic N) is 3. The molecule has 4 nitrogen and oxygen atoms in total. The van der Waals surface area contributed by atoms with Crippen molar-refractivity contribution in [2.75, 3.05) is 0 Å². The van der Waals surface area contributed by atoms with E-state index < -0.39 is 0 Å². The molecule has 0 amide bonds. The summed E-state index contributed by atoms with van der Waals surface area (Å²) in [5, 5.41) is 16.9. The maximum Gasteiger partial charge on any atom is 0.158 e. The molecule has 1 aromatic carbocycles. The lowest BCUT2D eigenvalue weighted by molar-refractivity contribution is 0.264. The summed E-state index contributed by atoms with van der Waals surface area (Å²) in [5.41, 5.74) is 0.582. The van der Waals surface area contributed by atoms with Gasteiger partial charge in [0.25, 0.3) is 0 Å². The zero-order valence-electron chi connectivity index (χ0n) is 9.60. The van der Waals surface area contributed by atoms with E-state index in [1.165, 1.54) is 6.07 Å². The fourth-order valence-electron chi connectivity index (χ4n) is 1.80. The number of aromatic nitrogens is 3. The second-order valence-electron chi connectivity index (χ2n) is 3.70. The van der Waals surface area contributed by atoms with Gasteiger partial charge in [-0.05, 0) is 18.6 Å². The van der Waals surface area contributed by atoms with Gasteiger partial charge in [-0.1, -0.05) is 18.2 Å². The first-order chi connectivity index (χ1) is 8.26. The monoisotopic (exact) mass is 235 g/mol. The van der Waals surface area contributed by atoms with E-state index in [2.05, 4.69) is 10.2 Å². The lowest BCUT2D eigenvalue weighted by atomic mass is 10.1. The summed E-state index contributed by atoms with van der Waals surface area (Å²) in [4.78, 5) is 0. The molecule has 1 N–H and O–H groups in total. The van der Waals surface area contributed by atoms with Crippen molar-refractivity contribution in [2.24, 2.45) is 0 Å². The predicted molar refractivity (Wildman–Crippen MR) is 60.8 cm³/mol. The van der Waals surface area contributed by atoms with Crippen molar-refractivity contribution < 1.29 is 9.50 Å². The van der Waals surface area contributed by atoms with E-state index in [0.29, 0.717) is 30.2 Å². The summed E-state index contributed by atoms with van der Waals surface area (Å²) in [6.07, 6.45) is 0.382. The molecule has 2 rings (SSSR count). The molecule has 0 atom stereocenters. The number of hydrogen-bond acceptors (Lipinski definition) is 3. The maximum absolute atomic E-state index is 13.5. The van der Waals surface area contributed by atoms with Crippen molar-refractivity contribution in [1.82, 2.24) is 14.8 Å². The van der Waals surface area contributed by atoms with Crippen molar-refractivity contribution in [3.63, 3.8) is 0 Å². The lowest BCUT2D eigenvalue weighted by Crippen LogP contribution is -2.07. The highest BCUT2D eigenvalue weighted by Gasteiger charge is 2.11. The Morgan fingerprint density at radius 3 is 2.59 bits per heavy atom. The quantitative estimate of drug-likeness (QED) is 0.874. The van der Waals surface area contributed by atoms with E-state index in [-0.39, 0.29) is 12.4 Å². The number of halogens is 1. The SMILES string of the molecule is CCn1c(CO)nnc1Cc1ccccc1F. The van der Waals surface area contributed by atoms with Gasteiger partial charge >= 0.3 is 0 Å². The largest absolute Gasteiger partial charge is 0.388 e. The van der Waals surface area contributed by atoms with Gasteiger partial charge in [0.15, 0.2) is 5.82 Å². The second kappa shape index (κ2) is 5.05. The number of aliphatic hydroxyl groups is 1. The molecule has 0 aliphatic heterocycles. The van der Waals surface area contributed by atoms with Crippen molar-refractivity contribution in [2.45, 2.75) is 26.5 Å². The number of aliphatic hydroxyl groups excluding tert-OH is 1. The van der Waals surface area contributed by atoms with Crippen LogP contribution in [0.15, 0.2) is 24.3 Å². The van der Waals surface area contributed by atoms with Crippen LogP contribution in [-0.2, 0) is 19.6 Å². The minimum atomic E-state index is -0.247. The fourth-order valence-corrected chi connectivity index (χ4v) is 1.80. The highest BCUT2D eigenvalue weighted by Crippen LogP contribution is 2.12. The molecule has 17 heavy (non-hydrogen) atoms. The molecule has 5 heteroatoms. The normalized spacial score (nSPS) is 10.8. The Bertz CT molecular complexity index is 510. The summed E-state index contributed by atoms with van der Waals surface area (Å²) in [5.74, 6) is 0.934. The van der Waals surface area contributed by atoms with Gasteiger partial charge in [-0.15, -0.1) is 10.2 Å². The van der Waals surface area contributed by atoms with Gasteiger partial charge in [-0.2, -0.15) is 0 Å². The van der Waals surface area contributed by atoms with Crippen molar-refractivity contribution in [1.29, 1.82) is 0 Å². The Morgan fingerprint density at radius 1 is 1.24 bits per heavy atom. The van der Waals surface area contributed by atoms with Gasteiger partial charge in [-0.3, -0.25) is 0 Å². The van der Waals surface area contributed by atoms with Crippen LogP contribution in [0.1, 0.15) is 24.1 Å². The average molecular weight is 235 g/mol. The summed E-state index contributed by atoms with van der Waals surface area (Å²) in [6.45, 7) is 2.44. The van der Waals surface area contributed by atoms with Gasteiger partial charge in [0.05, 0.1) is 0 Å². The van der Waals surface area contributed by atoms with E-state index in [0.717, 1.165) is 0 Å². The first kappa shape index (κ1) is 11.7. The summed E-state index contributed by atoms with van der Waals surface area (Å²) in [7, 11) is 0. The van der Waals surface area contributed by atoms with Crippen LogP contribution in [-0.4, -0.2) is 19.9 Å². The molecule has 2 aromatic rings. The van der Waals surface area contributed by atoms with Crippen LogP contribution in [0, 0.1) is 5.82 Å². The minimum Gasteiger partial charge on any atom is -0.388 e. The molecule has 1 heterocycles. The molecule has 1 aromatic heterocycles. The summed E-state index contributed by atoms with van der Waals surface area (Å²) in [6, 6.07) is 6.60. The van der Waals surface area contributed by atoms with E-state index in [4.69, 9.17) is 5.11 Å². The topological polar surface area (TPSA) is 50.9 Å². The lowest BCUT2D eigenvalue weighted by Gasteiger charge is -2.06. The third kappa shape index (κ3) is 2.34. The number of hydrogen-bond donors (Lipinski definition) is 1. The fraction of sp³-hybridized carbons (Fsp3) is 0.333. The molecule has 0 saturated carbocycles. The molecular weight excluding hydrogens is 221 g/mol. The Hall–Kier alpha value is -1.75. The van der Waals surface area contributed by atoms with Crippen LogP contribution in [0.25, 0.3) is 0 Å². The van der Waals surface area contributed by atoms with Crippen LogP contribution in [0.5, 0.6) is 0 Å². The van der Waals surface area contributed by atoms with Gasteiger partial charge < -0.3 is 9.67 Å². The predicted octanol–water partition coefficient (Wildman–Crippen LogP) is 1.52. The zero-order chi connectivity index (χ0) is 12.3. The molecule has 0 bridgehead atoms. The Morgan fingerprint density at radius 2 is 1.94 bits per heavy atom. The first-order valence-corrected chi connectivity index (χ1v) is 5.51. The average Bonchev–Trinajstić information content (AvgIpc) is 2.74. The third-order valence-corrected chi connectivity index (χ3v) is 2.67. The van der Waals surface area contributed by atoms with Gasteiger partial charge in [0.2, 0.25) is 0 Å². The molecule has 0 spiro atoms. The smallest absolute Gasteiger partial charge is 0.158 e. The van der Waals surface area contributed by atoms with Gasteiger partial charge in [0, 0.05) is 13.0 Å². The van der Waals surface area contributed by atoms with Gasteiger partial charge in [0.1, 0.15) is 18.2 Å². The van der Waals surface area contributed by atoms with E-state index in [9.17, 15) is 4.39 Å². The van der Waals surface area contributed by atoms with Gasteiger partial charge in [-0.25, -0.2) is 4.39 Å². The van der Waals surface area contributed by atoms with Crippen LogP contribution in [0.4, 0.5) is 4.39 Å². The van der Waals surface area contributed by atoms with E-state index >= 15 is 0 Å². The molecule has 90 valence electrons. The molecular formula is C12H14FN3O. The van der Waals surface area contributed by atoms with E-state index in [1.807, 2.05) is 6.92 Å². The van der Waals surface area contributed by atoms with Crippen LogP contribution >= 0.6 is 0 Å². The molecule has 0 radical (unpaired) electrons. The third-order valence-electron chi connectivity index (χ3n) is 2.67. The van der Waals surface area contributed by atoms with Crippen LogP contribution in [0.2, 0.25) is 0 Å². The number of benzene rings is 1. The highest BCUT2D eigenvalue weighted by atomic mass is 19.1. The molecule has 0 aliphatic rings. The Balaban J connectivity index is 2.30. The Kier molecular flexibility index (Phi) is 3.49. The van der Waals surface area contributed by atoms with Crippen LogP contribution < -0.4 is 0 Å². The molecule has 0 saturated heterocycles. The van der Waals surface area contributed by atoms with Crippen molar-refractivity contribution >= 4 is 0 Å². The summed E-state index contributed by atoms with van der Waals surface area (Å²) >= 11 is 0. The highest BCUT2D eigenvalue weighted by molar-refractivity contribution is 5.21. The van der Waals surface area contributed by atoms with Crippen molar-refractivity contribution in [3.8, 4) is 0 Å². The molecule has 0 aliphatic carbocycles. The maximum atomic E-state index is 13.5. The molecule has 0 unspecified atom stereocenters. The number of rotatable bonds is 4. The first-order valence-electron chi connectivity index (χ1n) is 5.51. The second-order valence-corrected chi connectivity index (χ2v) is 3.70. The summed E-state index contributed by atoms with van der Waals surface area (Å²) < 4.78 is 15.3. The van der Waals surface area contributed by atoms with Crippen LogP contribution in [0.3, 0.4) is 0 Å². The van der Waals surface area contributed by atoms with E-state index in [1.54, 1.807) is 22.8 Å². The van der Waals surface area contributed by atoms with Crippen molar-refractivity contribution in [3.05, 3.63) is 47.3 Å².